The van der Waals surface area contributed by atoms with Crippen LogP contribution in [0.15, 0.2) is 24.3 Å². The van der Waals surface area contributed by atoms with E-state index >= 15 is 0 Å². The summed E-state index contributed by atoms with van der Waals surface area (Å²) < 4.78 is 5.34. The van der Waals surface area contributed by atoms with Gasteiger partial charge >= 0.3 is 6.09 Å². The molecule has 0 atom stereocenters. The van der Waals surface area contributed by atoms with Crippen LogP contribution in [0.3, 0.4) is 0 Å². The number of amides is 1. The van der Waals surface area contributed by atoms with Crippen molar-refractivity contribution >= 4 is 17.7 Å². The van der Waals surface area contributed by atoms with Crippen LogP contribution in [0, 0.1) is 11.8 Å². The maximum absolute atomic E-state index is 12.0. The fourth-order valence-electron chi connectivity index (χ4n) is 2.27. The number of halogens is 1. The molecular formula is C18H22ClNO3. The highest BCUT2D eigenvalue weighted by Crippen LogP contribution is 2.23. The van der Waals surface area contributed by atoms with Gasteiger partial charge in [0.2, 0.25) is 0 Å². The summed E-state index contributed by atoms with van der Waals surface area (Å²) in [6.45, 7) is 6.36. The second-order valence-corrected chi connectivity index (χ2v) is 7.20. The van der Waals surface area contributed by atoms with Gasteiger partial charge in [-0.05, 0) is 39.0 Å². The summed E-state index contributed by atoms with van der Waals surface area (Å²) in [7, 11) is 0. The van der Waals surface area contributed by atoms with Crippen LogP contribution in [0.2, 0.25) is 5.02 Å². The monoisotopic (exact) mass is 335 g/mol. The molecule has 23 heavy (non-hydrogen) atoms. The summed E-state index contributed by atoms with van der Waals surface area (Å²) in [5.41, 5.74) is -0.835. The normalized spacial score (nSPS) is 17.2. The van der Waals surface area contributed by atoms with E-state index in [1.807, 2.05) is 32.9 Å². The van der Waals surface area contributed by atoms with Crippen molar-refractivity contribution in [2.24, 2.45) is 0 Å². The lowest BCUT2D eigenvalue weighted by Crippen LogP contribution is -2.47. The van der Waals surface area contributed by atoms with E-state index in [1.165, 1.54) is 0 Å². The molecule has 0 aliphatic carbocycles. The molecule has 0 unspecified atom stereocenters. The van der Waals surface area contributed by atoms with Crippen LogP contribution in [0.25, 0.3) is 0 Å². The van der Waals surface area contributed by atoms with Gasteiger partial charge < -0.3 is 14.7 Å². The first kappa shape index (κ1) is 17.7. The third kappa shape index (κ3) is 5.46. The number of piperidine rings is 1. The molecule has 0 saturated carbocycles. The number of carbonyl (C=O) groups is 1. The summed E-state index contributed by atoms with van der Waals surface area (Å²) in [5.74, 6) is 5.88. The zero-order chi connectivity index (χ0) is 17.1. The molecule has 4 nitrogen and oxygen atoms in total. The molecule has 0 aromatic heterocycles. The smallest absolute Gasteiger partial charge is 0.410 e. The maximum atomic E-state index is 12.0. The molecule has 5 heteroatoms. The van der Waals surface area contributed by atoms with Crippen LogP contribution in [0.4, 0.5) is 4.79 Å². The molecule has 1 aromatic carbocycles. The fraction of sp³-hybridized carbons (Fsp3) is 0.500. The van der Waals surface area contributed by atoms with Crippen LogP contribution in [-0.2, 0) is 4.74 Å². The molecule has 1 aromatic rings. The van der Waals surface area contributed by atoms with Gasteiger partial charge in [-0.25, -0.2) is 4.79 Å². The minimum absolute atomic E-state index is 0.345. The van der Waals surface area contributed by atoms with Crippen LogP contribution in [-0.4, -0.2) is 40.4 Å². The summed E-state index contributed by atoms with van der Waals surface area (Å²) in [6.07, 6.45) is 0.460. The molecule has 0 bridgehead atoms. The van der Waals surface area contributed by atoms with Gasteiger partial charge in [0.25, 0.3) is 0 Å². The number of nitrogens with zero attached hydrogens (tertiary/aromatic N) is 1. The lowest BCUT2D eigenvalue weighted by molar-refractivity contribution is -0.00513. The minimum Gasteiger partial charge on any atom is -0.444 e. The first-order chi connectivity index (χ1) is 10.7. The van der Waals surface area contributed by atoms with E-state index in [0.29, 0.717) is 31.0 Å². The van der Waals surface area contributed by atoms with Crippen molar-refractivity contribution in [3.63, 3.8) is 0 Å². The Morgan fingerprint density at radius 2 is 2.00 bits per heavy atom. The number of carbonyl (C=O) groups excluding carboxylic acids is 1. The number of rotatable bonds is 0. The summed E-state index contributed by atoms with van der Waals surface area (Å²) in [4.78, 5) is 13.6. The molecule has 1 heterocycles. The number of benzene rings is 1. The second kappa shape index (κ2) is 6.82. The number of likely N-dealkylation sites (tertiary alicyclic amines) is 1. The Morgan fingerprint density at radius 1 is 1.35 bits per heavy atom. The number of hydrogen-bond acceptors (Lipinski definition) is 3. The highest BCUT2D eigenvalue weighted by molar-refractivity contribution is 6.30. The molecule has 1 N–H and O–H groups in total. The minimum atomic E-state index is -1.08. The highest BCUT2D eigenvalue weighted by Gasteiger charge is 2.34. The molecule has 1 saturated heterocycles. The molecule has 124 valence electrons. The molecular weight excluding hydrogens is 314 g/mol. The Labute approximate surface area is 142 Å². The SMILES string of the molecule is CC(C)(C)OC(=O)N1CCC(O)(C#Cc2cccc(Cl)c2)CC1. The van der Waals surface area contributed by atoms with Crippen molar-refractivity contribution in [3.8, 4) is 11.8 Å². The van der Waals surface area contributed by atoms with Crippen molar-refractivity contribution in [3.05, 3.63) is 34.9 Å². The third-order valence-electron chi connectivity index (χ3n) is 3.51. The highest BCUT2D eigenvalue weighted by atomic mass is 35.5. The predicted octanol–water partition coefficient (Wildman–Crippen LogP) is 3.45. The predicted molar refractivity (Wildman–Crippen MR) is 90.3 cm³/mol. The van der Waals surface area contributed by atoms with Gasteiger partial charge in [-0.1, -0.05) is 29.5 Å². The zero-order valence-corrected chi connectivity index (χ0v) is 14.5. The molecule has 1 amide bonds. The molecule has 0 radical (unpaired) electrons. The van der Waals surface area contributed by atoms with Crippen molar-refractivity contribution in [1.29, 1.82) is 0 Å². The fourth-order valence-corrected chi connectivity index (χ4v) is 2.46. The Hall–Kier alpha value is -1.70. The van der Waals surface area contributed by atoms with E-state index in [9.17, 15) is 9.90 Å². The largest absolute Gasteiger partial charge is 0.444 e. The molecule has 1 aliphatic heterocycles. The van der Waals surface area contributed by atoms with Gasteiger partial charge in [0.15, 0.2) is 0 Å². The Kier molecular flexibility index (Phi) is 5.23. The summed E-state index contributed by atoms with van der Waals surface area (Å²) in [5, 5.41) is 11.2. The van der Waals surface area contributed by atoms with E-state index in [0.717, 1.165) is 5.56 Å². The van der Waals surface area contributed by atoms with E-state index in [1.54, 1.807) is 17.0 Å². The third-order valence-corrected chi connectivity index (χ3v) is 3.74. The first-order valence-electron chi connectivity index (χ1n) is 7.66. The lowest BCUT2D eigenvalue weighted by atomic mass is 9.92. The van der Waals surface area contributed by atoms with E-state index in [-0.39, 0.29) is 6.09 Å². The Morgan fingerprint density at radius 3 is 2.57 bits per heavy atom. The van der Waals surface area contributed by atoms with Crippen LogP contribution >= 0.6 is 11.6 Å². The zero-order valence-electron chi connectivity index (χ0n) is 13.7. The second-order valence-electron chi connectivity index (χ2n) is 6.76. The number of ether oxygens (including phenoxy) is 1. The van der Waals surface area contributed by atoms with Gasteiger partial charge in [-0.2, -0.15) is 0 Å². The van der Waals surface area contributed by atoms with Crippen molar-refractivity contribution < 1.29 is 14.6 Å². The molecule has 1 aliphatic rings. The van der Waals surface area contributed by atoms with E-state index in [4.69, 9.17) is 16.3 Å². The molecule has 1 fully saturated rings. The van der Waals surface area contributed by atoms with Crippen molar-refractivity contribution in [2.45, 2.75) is 44.8 Å². The van der Waals surface area contributed by atoms with Crippen LogP contribution in [0.5, 0.6) is 0 Å². The van der Waals surface area contributed by atoms with Gasteiger partial charge in [0, 0.05) is 36.5 Å². The van der Waals surface area contributed by atoms with E-state index in [2.05, 4.69) is 11.8 Å². The quantitative estimate of drug-likeness (QED) is 0.739. The number of aliphatic hydroxyl groups is 1. The Balaban J connectivity index is 1.96. The standard InChI is InChI=1S/C18H22ClNO3/c1-17(2,3)23-16(21)20-11-9-18(22,10-12-20)8-7-14-5-4-6-15(19)13-14/h4-6,13,22H,9-12H2,1-3H3. The molecule has 0 spiro atoms. The van der Waals surface area contributed by atoms with Gasteiger partial charge in [0.05, 0.1) is 0 Å². The van der Waals surface area contributed by atoms with Crippen LogP contribution < -0.4 is 0 Å². The van der Waals surface area contributed by atoms with Gasteiger partial charge in [-0.3, -0.25) is 0 Å². The summed E-state index contributed by atoms with van der Waals surface area (Å²) in [6, 6.07) is 7.20. The van der Waals surface area contributed by atoms with Crippen LogP contribution in [0.1, 0.15) is 39.2 Å². The molecule has 2 rings (SSSR count). The average molecular weight is 336 g/mol. The van der Waals surface area contributed by atoms with E-state index < -0.39 is 11.2 Å². The average Bonchev–Trinajstić information content (AvgIpc) is 2.44. The van der Waals surface area contributed by atoms with Crippen molar-refractivity contribution in [1.82, 2.24) is 4.90 Å². The summed E-state index contributed by atoms with van der Waals surface area (Å²) >= 11 is 5.92. The first-order valence-corrected chi connectivity index (χ1v) is 8.04. The number of hydrogen-bond donors (Lipinski definition) is 1. The topological polar surface area (TPSA) is 49.8 Å². The van der Waals surface area contributed by atoms with Crippen molar-refractivity contribution in [2.75, 3.05) is 13.1 Å². The lowest BCUT2D eigenvalue weighted by Gasteiger charge is -2.35. The maximum Gasteiger partial charge on any atom is 0.410 e. The van der Waals surface area contributed by atoms with Gasteiger partial charge in [-0.15, -0.1) is 0 Å². The Bertz CT molecular complexity index is 632. The van der Waals surface area contributed by atoms with Gasteiger partial charge in [0.1, 0.15) is 11.2 Å².